The first-order chi connectivity index (χ1) is 12.4. The highest BCUT2D eigenvalue weighted by Gasteiger charge is 2.28. The number of hydrogen-bond donors (Lipinski definition) is 1. The van der Waals surface area contributed by atoms with E-state index in [-0.39, 0.29) is 5.91 Å². The number of carbonyl (C=O) groups excluding carboxylic acids is 1. The van der Waals surface area contributed by atoms with Crippen LogP contribution in [0.25, 0.3) is 0 Å². The first kappa shape index (κ1) is 20.3. The zero-order chi connectivity index (χ0) is 19.0. The standard InChI is InChI=1S/C19H24N2O3S2/c1-16(21(26(2,23)24)18-11-7-4-8-12-18)19(22)20-13-14-25-15-17-9-5-3-6-10-17/h3-12,16H,13-15H2,1-2H3,(H,20,22)/t16-/m1/s1. The van der Waals surface area contributed by atoms with Crippen molar-refractivity contribution >= 4 is 33.4 Å². The highest BCUT2D eigenvalue weighted by molar-refractivity contribution is 7.98. The lowest BCUT2D eigenvalue weighted by Crippen LogP contribution is -2.48. The molecule has 140 valence electrons. The molecule has 7 heteroatoms. The largest absolute Gasteiger partial charge is 0.353 e. The molecule has 2 aromatic carbocycles. The molecule has 0 aliphatic rings. The number of thioether (sulfide) groups is 1. The Labute approximate surface area is 159 Å². The van der Waals surface area contributed by atoms with Gasteiger partial charge in [-0.05, 0) is 24.6 Å². The molecule has 5 nitrogen and oxygen atoms in total. The van der Waals surface area contributed by atoms with E-state index in [0.29, 0.717) is 12.2 Å². The summed E-state index contributed by atoms with van der Waals surface area (Å²) in [4.78, 5) is 12.4. The summed E-state index contributed by atoms with van der Waals surface area (Å²) in [7, 11) is -3.57. The minimum atomic E-state index is -3.57. The fraction of sp³-hybridized carbons (Fsp3) is 0.316. The lowest BCUT2D eigenvalue weighted by Gasteiger charge is -2.28. The van der Waals surface area contributed by atoms with Crippen molar-refractivity contribution in [1.29, 1.82) is 0 Å². The molecule has 0 aromatic heterocycles. The molecular formula is C19H24N2O3S2. The lowest BCUT2D eigenvalue weighted by molar-refractivity contribution is -0.121. The Morgan fingerprint density at radius 3 is 2.23 bits per heavy atom. The number of para-hydroxylation sites is 1. The molecule has 2 aromatic rings. The maximum absolute atomic E-state index is 12.4. The summed E-state index contributed by atoms with van der Waals surface area (Å²) in [5.74, 6) is 1.34. The minimum Gasteiger partial charge on any atom is -0.353 e. The number of amides is 1. The number of benzene rings is 2. The summed E-state index contributed by atoms with van der Waals surface area (Å²) < 4.78 is 25.5. The highest BCUT2D eigenvalue weighted by atomic mass is 32.2. The van der Waals surface area contributed by atoms with Crippen molar-refractivity contribution < 1.29 is 13.2 Å². The van der Waals surface area contributed by atoms with Gasteiger partial charge < -0.3 is 5.32 Å². The average Bonchev–Trinajstić information content (AvgIpc) is 2.62. The van der Waals surface area contributed by atoms with Gasteiger partial charge in [0.1, 0.15) is 6.04 Å². The van der Waals surface area contributed by atoms with Crippen LogP contribution in [0.2, 0.25) is 0 Å². The van der Waals surface area contributed by atoms with Crippen molar-refractivity contribution in [2.24, 2.45) is 0 Å². The quantitative estimate of drug-likeness (QED) is 0.667. The third-order valence-electron chi connectivity index (χ3n) is 3.76. The van der Waals surface area contributed by atoms with Gasteiger partial charge in [0.25, 0.3) is 0 Å². The first-order valence-electron chi connectivity index (χ1n) is 8.33. The van der Waals surface area contributed by atoms with Gasteiger partial charge in [0.2, 0.25) is 15.9 Å². The number of anilines is 1. The molecule has 0 saturated carbocycles. The summed E-state index contributed by atoms with van der Waals surface area (Å²) >= 11 is 1.72. The molecule has 0 bridgehead atoms. The molecule has 26 heavy (non-hydrogen) atoms. The van der Waals surface area contributed by atoms with Crippen LogP contribution in [0, 0.1) is 0 Å². The van der Waals surface area contributed by atoms with Crippen molar-refractivity contribution in [3.8, 4) is 0 Å². The van der Waals surface area contributed by atoms with E-state index in [9.17, 15) is 13.2 Å². The second kappa shape index (κ2) is 9.64. The number of rotatable bonds is 9. The van der Waals surface area contributed by atoms with Crippen molar-refractivity contribution in [1.82, 2.24) is 5.32 Å². The Bertz CT molecular complexity index is 796. The van der Waals surface area contributed by atoms with Gasteiger partial charge >= 0.3 is 0 Å². The average molecular weight is 393 g/mol. The lowest BCUT2D eigenvalue weighted by atomic mass is 10.2. The van der Waals surface area contributed by atoms with E-state index in [1.807, 2.05) is 18.2 Å². The van der Waals surface area contributed by atoms with Gasteiger partial charge in [0.15, 0.2) is 0 Å². The minimum absolute atomic E-state index is 0.306. The summed E-state index contributed by atoms with van der Waals surface area (Å²) in [6.45, 7) is 2.09. The Balaban J connectivity index is 1.87. The zero-order valence-electron chi connectivity index (χ0n) is 15.0. The molecule has 0 fully saturated rings. The van der Waals surface area contributed by atoms with Gasteiger partial charge in [-0.15, -0.1) is 0 Å². The number of carbonyl (C=O) groups is 1. The first-order valence-corrected chi connectivity index (χ1v) is 11.3. The SMILES string of the molecule is C[C@H](C(=O)NCCSCc1ccccc1)N(c1ccccc1)S(C)(=O)=O. The van der Waals surface area contributed by atoms with E-state index >= 15 is 0 Å². The second-order valence-corrected chi connectivity index (χ2v) is 8.86. The fourth-order valence-corrected chi connectivity index (χ4v) is 4.54. The number of sulfonamides is 1. The number of nitrogens with one attached hydrogen (secondary N) is 1. The van der Waals surface area contributed by atoms with Crippen LogP contribution in [0.5, 0.6) is 0 Å². The van der Waals surface area contributed by atoms with E-state index in [0.717, 1.165) is 22.1 Å². The molecule has 2 rings (SSSR count). The van der Waals surface area contributed by atoms with Crippen molar-refractivity contribution in [3.05, 3.63) is 66.2 Å². The zero-order valence-corrected chi connectivity index (χ0v) is 16.6. The number of hydrogen-bond acceptors (Lipinski definition) is 4. The molecule has 1 atom stereocenters. The molecule has 0 aliphatic heterocycles. The molecule has 1 amide bonds. The van der Waals surface area contributed by atoms with Gasteiger partial charge in [0, 0.05) is 18.1 Å². The maximum atomic E-state index is 12.4. The molecule has 1 N–H and O–H groups in total. The highest BCUT2D eigenvalue weighted by Crippen LogP contribution is 2.20. The molecule has 0 aliphatic carbocycles. The third kappa shape index (κ3) is 6.07. The van der Waals surface area contributed by atoms with E-state index in [1.165, 1.54) is 5.56 Å². The van der Waals surface area contributed by atoms with Crippen LogP contribution in [0.3, 0.4) is 0 Å². The molecule has 0 radical (unpaired) electrons. The van der Waals surface area contributed by atoms with Crippen LogP contribution in [0.15, 0.2) is 60.7 Å². The van der Waals surface area contributed by atoms with Crippen LogP contribution in [0.4, 0.5) is 5.69 Å². The van der Waals surface area contributed by atoms with E-state index in [1.54, 1.807) is 49.0 Å². The topological polar surface area (TPSA) is 66.5 Å². The number of nitrogens with zero attached hydrogens (tertiary/aromatic N) is 1. The van der Waals surface area contributed by atoms with Gasteiger partial charge in [-0.25, -0.2) is 8.42 Å². The van der Waals surface area contributed by atoms with Gasteiger partial charge in [-0.2, -0.15) is 11.8 Å². The normalized spacial score (nSPS) is 12.4. The van der Waals surface area contributed by atoms with Crippen molar-refractivity contribution in [2.45, 2.75) is 18.7 Å². The third-order valence-corrected chi connectivity index (χ3v) is 6.03. The Hall–Kier alpha value is -1.99. The molecule has 0 heterocycles. The van der Waals surface area contributed by atoms with E-state index in [4.69, 9.17) is 0 Å². The van der Waals surface area contributed by atoms with Crippen LogP contribution in [-0.2, 0) is 20.6 Å². The Morgan fingerprint density at radius 2 is 1.65 bits per heavy atom. The smallest absolute Gasteiger partial charge is 0.243 e. The van der Waals surface area contributed by atoms with E-state index < -0.39 is 16.1 Å². The van der Waals surface area contributed by atoms with Gasteiger partial charge in [-0.1, -0.05) is 48.5 Å². The Morgan fingerprint density at radius 1 is 1.08 bits per heavy atom. The van der Waals surface area contributed by atoms with Crippen molar-refractivity contribution in [2.75, 3.05) is 22.9 Å². The molecule has 0 unspecified atom stereocenters. The molecule has 0 saturated heterocycles. The van der Waals surface area contributed by atoms with E-state index in [2.05, 4.69) is 17.4 Å². The van der Waals surface area contributed by atoms with Crippen LogP contribution < -0.4 is 9.62 Å². The summed E-state index contributed by atoms with van der Waals surface area (Å²) in [5, 5.41) is 2.83. The van der Waals surface area contributed by atoms with Gasteiger partial charge in [-0.3, -0.25) is 9.10 Å². The van der Waals surface area contributed by atoms with Crippen LogP contribution in [0.1, 0.15) is 12.5 Å². The predicted octanol–water partition coefficient (Wildman–Crippen LogP) is 2.89. The Kier molecular flexibility index (Phi) is 7.53. The molecular weight excluding hydrogens is 368 g/mol. The maximum Gasteiger partial charge on any atom is 0.243 e. The summed E-state index contributed by atoms with van der Waals surface area (Å²) in [5.41, 5.74) is 1.72. The summed E-state index contributed by atoms with van der Waals surface area (Å²) in [6, 6.07) is 18.0. The predicted molar refractivity (Wildman–Crippen MR) is 109 cm³/mol. The van der Waals surface area contributed by atoms with Gasteiger partial charge in [0.05, 0.1) is 11.9 Å². The molecule has 0 spiro atoms. The van der Waals surface area contributed by atoms with Crippen LogP contribution >= 0.6 is 11.8 Å². The van der Waals surface area contributed by atoms with Crippen molar-refractivity contribution in [3.63, 3.8) is 0 Å². The summed E-state index contributed by atoms with van der Waals surface area (Å²) in [6.07, 6.45) is 1.11. The van der Waals surface area contributed by atoms with Crippen LogP contribution in [-0.4, -0.2) is 38.9 Å². The monoisotopic (exact) mass is 392 g/mol. The fourth-order valence-electron chi connectivity index (χ4n) is 2.54. The second-order valence-electron chi connectivity index (χ2n) is 5.90.